The van der Waals surface area contributed by atoms with Crippen molar-refractivity contribution in [1.29, 1.82) is 0 Å². The van der Waals surface area contributed by atoms with E-state index in [1.165, 1.54) is 51.4 Å². The second kappa shape index (κ2) is 8.59. The summed E-state index contributed by atoms with van der Waals surface area (Å²) in [5, 5.41) is 0. The van der Waals surface area contributed by atoms with Gasteiger partial charge in [0, 0.05) is 0 Å². The third-order valence-corrected chi connectivity index (χ3v) is 6.86. The Kier molecular flexibility index (Phi) is 7.10. The normalized spacial score (nSPS) is 37.6. The molecule has 0 aromatic heterocycles. The van der Waals surface area contributed by atoms with Crippen molar-refractivity contribution in [3.63, 3.8) is 0 Å². The van der Waals surface area contributed by atoms with Gasteiger partial charge in [-0.1, -0.05) is 65.7 Å². The van der Waals surface area contributed by atoms with Crippen LogP contribution in [0.3, 0.4) is 0 Å². The number of unbranched alkanes of at least 4 members (excludes halogenated alkanes) is 2. The third-order valence-electron chi connectivity index (χ3n) is 6.86. The standard InChI is InChI=1S/C21H40/c1-4-6-7-8-18-9-11-19(12-10-18)20-13-16-21(3,15-5-2)17-14-20/h18-20H,4-17H2,1-3H3. The first kappa shape index (κ1) is 17.4. The zero-order valence-corrected chi connectivity index (χ0v) is 15.1. The maximum absolute atomic E-state index is 2.55. The Bertz CT molecular complexity index is 264. The highest BCUT2D eigenvalue weighted by atomic mass is 14.4. The first-order valence-electron chi connectivity index (χ1n) is 10.2. The summed E-state index contributed by atoms with van der Waals surface area (Å²) in [6.07, 6.45) is 21.0. The van der Waals surface area contributed by atoms with E-state index in [9.17, 15) is 0 Å². The van der Waals surface area contributed by atoms with Crippen molar-refractivity contribution < 1.29 is 0 Å². The van der Waals surface area contributed by atoms with Gasteiger partial charge in [-0.2, -0.15) is 0 Å². The molecule has 124 valence electrons. The highest BCUT2D eigenvalue weighted by Gasteiger charge is 2.34. The minimum Gasteiger partial charge on any atom is -0.0654 e. The lowest BCUT2D eigenvalue weighted by Gasteiger charge is -2.42. The van der Waals surface area contributed by atoms with E-state index in [1.807, 2.05) is 0 Å². The minimum absolute atomic E-state index is 0.697. The van der Waals surface area contributed by atoms with E-state index in [4.69, 9.17) is 0 Å². The molecule has 0 radical (unpaired) electrons. The van der Waals surface area contributed by atoms with Crippen LogP contribution in [-0.4, -0.2) is 0 Å². The fourth-order valence-corrected chi connectivity index (χ4v) is 5.29. The SMILES string of the molecule is CCCCCC1CCC(C2CCC(C)(CCC)CC2)CC1. The summed E-state index contributed by atoms with van der Waals surface area (Å²) in [6, 6.07) is 0. The molecule has 2 aliphatic carbocycles. The lowest BCUT2D eigenvalue weighted by Crippen LogP contribution is -2.30. The predicted molar refractivity (Wildman–Crippen MR) is 94.6 cm³/mol. The van der Waals surface area contributed by atoms with Gasteiger partial charge in [-0.05, 0) is 68.1 Å². The largest absolute Gasteiger partial charge is 0.0654 e. The van der Waals surface area contributed by atoms with Crippen molar-refractivity contribution in [1.82, 2.24) is 0 Å². The molecule has 0 spiro atoms. The Labute approximate surface area is 134 Å². The van der Waals surface area contributed by atoms with Crippen molar-refractivity contribution in [2.24, 2.45) is 23.2 Å². The van der Waals surface area contributed by atoms with Crippen LogP contribution in [-0.2, 0) is 0 Å². The maximum atomic E-state index is 2.55. The van der Waals surface area contributed by atoms with Gasteiger partial charge in [-0.3, -0.25) is 0 Å². The van der Waals surface area contributed by atoms with Gasteiger partial charge in [0.1, 0.15) is 0 Å². The molecular formula is C21H40. The smallest absolute Gasteiger partial charge is 0.0326 e. The van der Waals surface area contributed by atoms with Crippen LogP contribution in [0, 0.1) is 23.2 Å². The van der Waals surface area contributed by atoms with E-state index in [2.05, 4.69) is 20.8 Å². The molecular weight excluding hydrogens is 252 g/mol. The lowest BCUT2D eigenvalue weighted by molar-refractivity contribution is 0.0963. The van der Waals surface area contributed by atoms with Crippen LogP contribution in [0.4, 0.5) is 0 Å². The minimum atomic E-state index is 0.697. The van der Waals surface area contributed by atoms with Crippen molar-refractivity contribution in [3.8, 4) is 0 Å². The zero-order valence-electron chi connectivity index (χ0n) is 15.1. The van der Waals surface area contributed by atoms with Gasteiger partial charge in [0.2, 0.25) is 0 Å². The van der Waals surface area contributed by atoms with E-state index < -0.39 is 0 Å². The summed E-state index contributed by atoms with van der Waals surface area (Å²) >= 11 is 0. The van der Waals surface area contributed by atoms with Crippen LogP contribution in [0.25, 0.3) is 0 Å². The van der Waals surface area contributed by atoms with Crippen molar-refractivity contribution in [2.75, 3.05) is 0 Å². The second-order valence-corrected chi connectivity index (χ2v) is 8.67. The lowest BCUT2D eigenvalue weighted by atomic mass is 9.64. The molecule has 0 atom stereocenters. The van der Waals surface area contributed by atoms with E-state index in [0.717, 1.165) is 17.8 Å². The molecule has 0 heterocycles. The first-order chi connectivity index (χ1) is 10.2. The molecule has 0 unspecified atom stereocenters. The summed E-state index contributed by atoms with van der Waals surface area (Å²) in [6.45, 7) is 7.24. The Morgan fingerprint density at radius 1 is 0.762 bits per heavy atom. The topological polar surface area (TPSA) is 0 Å². The summed E-state index contributed by atoms with van der Waals surface area (Å²) in [5.41, 5.74) is 0.697. The molecule has 0 nitrogen and oxygen atoms in total. The van der Waals surface area contributed by atoms with Crippen LogP contribution < -0.4 is 0 Å². The van der Waals surface area contributed by atoms with Crippen LogP contribution >= 0.6 is 0 Å². The number of hydrogen-bond acceptors (Lipinski definition) is 0. The molecule has 0 bridgehead atoms. The average molecular weight is 293 g/mol. The molecule has 0 amide bonds. The van der Waals surface area contributed by atoms with Gasteiger partial charge < -0.3 is 0 Å². The van der Waals surface area contributed by atoms with Gasteiger partial charge in [-0.25, -0.2) is 0 Å². The number of hydrogen-bond donors (Lipinski definition) is 0. The van der Waals surface area contributed by atoms with E-state index in [1.54, 1.807) is 38.5 Å². The van der Waals surface area contributed by atoms with E-state index in [-0.39, 0.29) is 0 Å². The van der Waals surface area contributed by atoms with Gasteiger partial charge in [0.05, 0.1) is 0 Å². The van der Waals surface area contributed by atoms with Crippen LogP contribution in [0.15, 0.2) is 0 Å². The van der Waals surface area contributed by atoms with Crippen LogP contribution in [0.5, 0.6) is 0 Å². The fraction of sp³-hybridized carbons (Fsp3) is 1.00. The molecule has 2 saturated carbocycles. The zero-order chi connectivity index (χ0) is 15.1. The molecule has 2 fully saturated rings. The maximum Gasteiger partial charge on any atom is -0.0326 e. The van der Waals surface area contributed by atoms with Crippen LogP contribution in [0.2, 0.25) is 0 Å². The number of rotatable bonds is 7. The Hall–Kier alpha value is 0. The van der Waals surface area contributed by atoms with Crippen molar-refractivity contribution in [3.05, 3.63) is 0 Å². The van der Waals surface area contributed by atoms with E-state index >= 15 is 0 Å². The Morgan fingerprint density at radius 2 is 1.38 bits per heavy atom. The molecule has 0 N–H and O–H groups in total. The van der Waals surface area contributed by atoms with Gasteiger partial charge in [0.25, 0.3) is 0 Å². The highest BCUT2D eigenvalue weighted by molar-refractivity contribution is 4.86. The monoisotopic (exact) mass is 292 g/mol. The molecule has 0 aromatic rings. The molecule has 21 heavy (non-hydrogen) atoms. The van der Waals surface area contributed by atoms with Gasteiger partial charge in [-0.15, -0.1) is 0 Å². The summed E-state index contributed by atoms with van der Waals surface area (Å²) in [4.78, 5) is 0. The molecule has 0 saturated heterocycles. The predicted octanol–water partition coefficient (Wildman–Crippen LogP) is 7.37. The third kappa shape index (κ3) is 5.29. The van der Waals surface area contributed by atoms with E-state index in [0.29, 0.717) is 5.41 Å². The van der Waals surface area contributed by atoms with Gasteiger partial charge in [0.15, 0.2) is 0 Å². The molecule has 0 heteroatoms. The Balaban J connectivity index is 1.67. The highest BCUT2D eigenvalue weighted by Crippen LogP contribution is 2.47. The summed E-state index contributed by atoms with van der Waals surface area (Å²) < 4.78 is 0. The molecule has 0 aliphatic heterocycles. The second-order valence-electron chi connectivity index (χ2n) is 8.67. The molecule has 2 aliphatic rings. The average Bonchev–Trinajstić information content (AvgIpc) is 2.49. The molecule has 0 aromatic carbocycles. The fourth-order valence-electron chi connectivity index (χ4n) is 5.29. The quantitative estimate of drug-likeness (QED) is 0.430. The Morgan fingerprint density at radius 3 is 1.95 bits per heavy atom. The molecule has 2 rings (SSSR count). The van der Waals surface area contributed by atoms with Crippen molar-refractivity contribution >= 4 is 0 Å². The summed E-state index contributed by atoms with van der Waals surface area (Å²) in [5.74, 6) is 3.27. The van der Waals surface area contributed by atoms with Crippen molar-refractivity contribution in [2.45, 2.75) is 111 Å². The van der Waals surface area contributed by atoms with Gasteiger partial charge >= 0.3 is 0 Å². The first-order valence-corrected chi connectivity index (χ1v) is 10.2. The summed E-state index contributed by atoms with van der Waals surface area (Å²) in [7, 11) is 0. The van der Waals surface area contributed by atoms with Crippen LogP contribution in [0.1, 0.15) is 111 Å².